The Kier molecular flexibility index (Phi) is 2.08. The molecule has 0 radical (unpaired) electrons. The summed E-state index contributed by atoms with van der Waals surface area (Å²) in [5, 5.41) is 10.1. The summed E-state index contributed by atoms with van der Waals surface area (Å²) >= 11 is 0. The summed E-state index contributed by atoms with van der Waals surface area (Å²) in [5.74, 6) is 0.434. The zero-order valence-electron chi connectivity index (χ0n) is 9.80. The topological polar surface area (TPSA) is 20.2 Å². The van der Waals surface area contributed by atoms with Crippen molar-refractivity contribution in [2.24, 2.45) is 16.7 Å². The second-order valence-corrected chi connectivity index (χ2v) is 6.08. The number of aliphatic hydroxyl groups is 1. The van der Waals surface area contributed by atoms with Crippen molar-refractivity contribution in [2.45, 2.75) is 53.1 Å². The highest BCUT2D eigenvalue weighted by atomic mass is 16.3. The largest absolute Gasteiger partial charge is 0.389 e. The molecule has 2 rings (SSSR count). The summed E-state index contributed by atoms with van der Waals surface area (Å²) in [4.78, 5) is 0. The molecule has 0 bridgehead atoms. The molecule has 2 aliphatic rings. The van der Waals surface area contributed by atoms with Crippen LogP contribution in [0.1, 0.15) is 47.0 Å². The van der Waals surface area contributed by atoms with E-state index in [2.05, 4.69) is 33.8 Å². The van der Waals surface area contributed by atoms with Crippen molar-refractivity contribution in [3.05, 3.63) is 11.6 Å². The number of rotatable bonds is 0. The van der Waals surface area contributed by atoms with Gasteiger partial charge in [-0.15, -0.1) is 0 Å². The molecule has 80 valence electrons. The molecule has 1 nitrogen and oxygen atoms in total. The molecule has 0 aromatic carbocycles. The lowest BCUT2D eigenvalue weighted by Gasteiger charge is -2.49. The predicted octanol–water partition coefficient (Wildman–Crippen LogP) is 3.14. The van der Waals surface area contributed by atoms with E-state index in [1.807, 2.05) is 0 Å². The summed E-state index contributed by atoms with van der Waals surface area (Å²) in [6.45, 7) is 9.14. The van der Waals surface area contributed by atoms with Crippen LogP contribution in [-0.2, 0) is 0 Å². The van der Waals surface area contributed by atoms with Crippen LogP contribution in [0.4, 0.5) is 0 Å². The molecule has 0 saturated heterocycles. The number of fused-ring (bicyclic) bond motifs is 1. The van der Waals surface area contributed by atoms with Gasteiger partial charge in [0.1, 0.15) is 0 Å². The van der Waals surface area contributed by atoms with Crippen LogP contribution in [0, 0.1) is 16.7 Å². The van der Waals surface area contributed by atoms with Crippen LogP contribution >= 0.6 is 0 Å². The van der Waals surface area contributed by atoms with Crippen molar-refractivity contribution in [3.8, 4) is 0 Å². The van der Waals surface area contributed by atoms with Crippen LogP contribution in [-0.4, -0.2) is 11.2 Å². The van der Waals surface area contributed by atoms with E-state index >= 15 is 0 Å². The number of hydrogen-bond donors (Lipinski definition) is 1. The quantitative estimate of drug-likeness (QED) is 0.587. The third kappa shape index (κ3) is 1.18. The van der Waals surface area contributed by atoms with Gasteiger partial charge in [0.05, 0.1) is 6.10 Å². The van der Waals surface area contributed by atoms with Gasteiger partial charge in [-0.05, 0) is 30.6 Å². The SMILES string of the molecule is CC1=C[C@@H](O)[C@@H]2C(C)(C)CCC[C@]12C. The minimum absolute atomic E-state index is 0.213. The Morgan fingerprint density at radius 1 is 1.29 bits per heavy atom. The van der Waals surface area contributed by atoms with E-state index in [0.717, 1.165) is 0 Å². The number of hydrogen-bond acceptors (Lipinski definition) is 1. The van der Waals surface area contributed by atoms with E-state index in [1.165, 1.54) is 24.8 Å². The molecule has 0 spiro atoms. The minimum Gasteiger partial charge on any atom is -0.389 e. The zero-order valence-corrected chi connectivity index (χ0v) is 9.80. The van der Waals surface area contributed by atoms with Gasteiger partial charge >= 0.3 is 0 Å². The molecule has 1 fully saturated rings. The molecule has 0 heterocycles. The van der Waals surface area contributed by atoms with Gasteiger partial charge in [-0.25, -0.2) is 0 Å². The number of aliphatic hydroxyl groups excluding tert-OH is 1. The molecule has 1 saturated carbocycles. The van der Waals surface area contributed by atoms with Crippen molar-refractivity contribution >= 4 is 0 Å². The fourth-order valence-corrected chi connectivity index (χ4v) is 3.91. The van der Waals surface area contributed by atoms with Crippen LogP contribution < -0.4 is 0 Å². The molecule has 0 aromatic heterocycles. The van der Waals surface area contributed by atoms with Crippen LogP contribution in [0.3, 0.4) is 0 Å². The predicted molar refractivity (Wildman–Crippen MR) is 59.0 cm³/mol. The molecule has 0 aliphatic heterocycles. The Morgan fingerprint density at radius 3 is 2.50 bits per heavy atom. The van der Waals surface area contributed by atoms with Gasteiger partial charge in [-0.1, -0.05) is 38.8 Å². The minimum atomic E-state index is -0.213. The molecule has 0 amide bonds. The first-order valence-corrected chi connectivity index (χ1v) is 5.75. The lowest BCUT2D eigenvalue weighted by atomic mass is 9.56. The Hall–Kier alpha value is -0.300. The van der Waals surface area contributed by atoms with E-state index < -0.39 is 0 Å². The molecule has 0 unspecified atom stereocenters. The summed E-state index contributed by atoms with van der Waals surface area (Å²) in [5.41, 5.74) is 1.96. The fourth-order valence-electron chi connectivity index (χ4n) is 3.91. The molecular weight excluding hydrogens is 172 g/mol. The van der Waals surface area contributed by atoms with E-state index in [4.69, 9.17) is 0 Å². The molecule has 0 aromatic rings. The summed E-state index contributed by atoms with van der Waals surface area (Å²) in [6.07, 6.45) is 5.68. The Balaban J connectivity index is 2.40. The van der Waals surface area contributed by atoms with Gasteiger partial charge in [0.25, 0.3) is 0 Å². The van der Waals surface area contributed by atoms with E-state index in [1.54, 1.807) is 0 Å². The van der Waals surface area contributed by atoms with Gasteiger partial charge in [0.15, 0.2) is 0 Å². The van der Waals surface area contributed by atoms with E-state index in [-0.39, 0.29) is 11.5 Å². The lowest BCUT2D eigenvalue weighted by Crippen LogP contribution is -2.44. The van der Waals surface area contributed by atoms with Gasteiger partial charge in [-0.3, -0.25) is 0 Å². The van der Waals surface area contributed by atoms with Crippen LogP contribution in [0.5, 0.6) is 0 Å². The maximum atomic E-state index is 10.1. The Labute approximate surface area is 87.2 Å². The molecule has 2 aliphatic carbocycles. The van der Waals surface area contributed by atoms with Gasteiger partial charge in [0, 0.05) is 5.92 Å². The zero-order chi connectivity index (χ0) is 10.6. The molecular formula is C13H22O. The molecule has 14 heavy (non-hydrogen) atoms. The average Bonchev–Trinajstić information content (AvgIpc) is 2.22. The van der Waals surface area contributed by atoms with Gasteiger partial charge in [-0.2, -0.15) is 0 Å². The van der Waals surface area contributed by atoms with Crippen molar-refractivity contribution in [1.82, 2.24) is 0 Å². The van der Waals surface area contributed by atoms with E-state index in [9.17, 15) is 5.11 Å². The van der Waals surface area contributed by atoms with Crippen LogP contribution in [0.2, 0.25) is 0 Å². The first-order chi connectivity index (χ1) is 6.38. The van der Waals surface area contributed by atoms with Crippen molar-refractivity contribution in [1.29, 1.82) is 0 Å². The first-order valence-electron chi connectivity index (χ1n) is 5.75. The molecule has 1 heteroatoms. The van der Waals surface area contributed by atoms with Crippen molar-refractivity contribution in [3.63, 3.8) is 0 Å². The third-order valence-electron chi connectivity index (χ3n) is 4.71. The lowest BCUT2D eigenvalue weighted by molar-refractivity contribution is -0.0273. The maximum absolute atomic E-state index is 10.1. The summed E-state index contributed by atoms with van der Waals surface area (Å²) < 4.78 is 0. The van der Waals surface area contributed by atoms with Gasteiger partial charge < -0.3 is 5.11 Å². The highest BCUT2D eigenvalue weighted by Gasteiger charge is 2.53. The highest BCUT2D eigenvalue weighted by molar-refractivity contribution is 5.26. The first kappa shape index (κ1) is 10.2. The van der Waals surface area contributed by atoms with Gasteiger partial charge in [0.2, 0.25) is 0 Å². The summed E-state index contributed by atoms with van der Waals surface area (Å²) in [6, 6.07) is 0. The second-order valence-electron chi connectivity index (χ2n) is 6.08. The number of allylic oxidation sites excluding steroid dienone is 1. The highest BCUT2D eigenvalue weighted by Crippen LogP contribution is 2.59. The van der Waals surface area contributed by atoms with Crippen molar-refractivity contribution < 1.29 is 5.11 Å². The monoisotopic (exact) mass is 194 g/mol. The third-order valence-corrected chi connectivity index (χ3v) is 4.71. The fraction of sp³-hybridized carbons (Fsp3) is 0.846. The molecule has 3 atom stereocenters. The Morgan fingerprint density at radius 2 is 1.93 bits per heavy atom. The maximum Gasteiger partial charge on any atom is 0.0765 e. The van der Waals surface area contributed by atoms with Crippen molar-refractivity contribution in [2.75, 3.05) is 0 Å². The average molecular weight is 194 g/mol. The smallest absolute Gasteiger partial charge is 0.0765 e. The Bertz CT molecular complexity index is 277. The van der Waals surface area contributed by atoms with Crippen LogP contribution in [0.25, 0.3) is 0 Å². The molecule has 1 N–H and O–H groups in total. The normalized spacial score (nSPS) is 45.9. The second kappa shape index (κ2) is 2.85. The summed E-state index contributed by atoms with van der Waals surface area (Å²) in [7, 11) is 0. The standard InChI is InChI=1S/C13H22O/c1-9-8-10(14)11-12(2,3)6-5-7-13(9,11)4/h8,10-11,14H,5-7H2,1-4H3/t10-,11-,13-/m1/s1. The van der Waals surface area contributed by atoms with Crippen LogP contribution in [0.15, 0.2) is 11.6 Å². The van der Waals surface area contributed by atoms with E-state index in [0.29, 0.717) is 11.3 Å².